The number of benzene rings is 1. The van der Waals surface area contributed by atoms with Crippen molar-refractivity contribution in [2.24, 2.45) is 5.73 Å². The Bertz CT molecular complexity index is 512. The molecule has 5 nitrogen and oxygen atoms in total. The molecule has 0 saturated carbocycles. The van der Waals surface area contributed by atoms with Gasteiger partial charge in [0, 0.05) is 5.56 Å². The number of rotatable bonds is 6. The molecule has 6 heteroatoms. The molecule has 2 rings (SSSR count). The Kier molecular flexibility index (Phi) is 4.59. The van der Waals surface area contributed by atoms with Gasteiger partial charge in [0.05, 0.1) is 6.54 Å². The van der Waals surface area contributed by atoms with Crippen LogP contribution in [0.5, 0.6) is 0 Å². The normalized spacial score (nSPS) is 11.2. The lowest BCUT2D eigenvalue weighted by Crippen LogP contribution is -2.21. The number of nitrogens with two attached hydrogens (primary N) is 1. The van der Waals surface area contributed by atoms with Crippen molar-refractivity contribution in [3.63, 3.8) is 0 Å². The lowest BCUT2D eigenvalue weighted by atomic mass is 10.2. The third-order valence-corrected chi connectivity index (χ3v) is 2.72. The van der Waals surface area contributed by atoms with Gasteiger partial charge < -0.3 is 10.3 Å². The van der Waals surface area contributed by atoms with E-state index in [4.69, 9.17) is 10.3 Å². The Morgan fingerprint density at radius 1 is 1.32 bits per heavy atom. The molecule has 102 valence electrons. The maximum absolute atomic E-state index is 12.8. The Morgan fingerprint density at radius 3 is 2.74 bits per heavy atom. The van der Waals surface area contributed by atoms with E-state index in [1.54, 1.807) is 12.1 Å². The van der Waals surface area contributed by atoms with Crippen LogP contribution in [0, 0.1) is 5.82 Å². The van der Waals surface area contributed by atoms with Crippen LogP contribution in [0.2, 0.25) is 0 Å². The molecule has 1 heterocycles. The first kappa shape index (κ1) is 13.6. The Labute approximate surface area is 111 Å². The summed E-state index contributed by atoms with van der Waals surface area (Å²) in [6.07, 6.45) is 0.926. The molecule has 2 N–H and O–H groups in total. The number of halogens is 1. The SMILES string of the molecule is CN(CCCN)Cc1nc(-c2ccc(F)cc2)no1. The fourth-order valence-corrected chi connectivity index (χ4v) is 1.71. The fraction of sp³-hybridized carbons (Fsp3) is 0.385. The van der Waals surface area contributed by atoms with Gasteiger partial charge in [0.1, 0.15) is 5.82 Å². The molecule has 0 fully saturated rings. The van der Waals surface area contributed by atoms with Gasteiger partial charge in [-0.05, 0) is 50.8 Å². The first-order valence-electron chi connectivity index (χ1n) is 6.16. The second-order valence-electron chi connectivity index (χ2n) is 4.40. The van der Waals surface area contributed by atoms with Gasteiger partial charge in [0.15, 0.2) is 0 Å². The highest BCUT2D eigenvalue weighted by atomic mass is 19.1. The van der Waals surface area contributed by atoms with Crippen molar-refractivity contribution in [3.05, 3.63) is 36.0 Å². The van der Waals surface area contributed by atoms with Crippen LogP contribution in [0.3, 0.4) is 0 Å². The molecule has 0 saturated heterocycles. The molecule has 19 heavy (non-hydrogen) atoms. The third kappa shape index (κ3) is 3.84. The second-order valence-corrected chi connectivity index (χ2v) is 4.40. The Hall–Kier alpha value is -1.79. The van der Waals surface area contributed by atoms with Crippen LogP contribution in [0.1, 0.15) is 12.3 Å². The van der Waals surface area contributed by atoms with Gasteiger partial charge in [-0.1, -0.05) is 5.16 Å². The quantitative estimate of drug-likeness (QED) is 0.859. The summed E-state index contributed by atoms with van der Waals surface area (Å²) in [6, 6.07) is 6.00. The van der Waals surface area contributed by atoms with Gasteiger partial charge >= 0.3 is 0 Å². The van der Waals surface area contributed by atoms with Gasteiger partial charge in [-0.15, -0.1) is 0 Å². The standard InChI is InChI=1S/C13H17FN4O/c1-18(8-2-7-15)9-12-16-13(17-19-12)10-3-5-11(14)6-4-10/h3-6H,2,7-9,15H2,1H3. The highest BCUT2D eigenvalue weighted by Crippen LogP contribution is 2.16. The molecule has 0 aliphatic carbocycles. The van der Waals surface area contributed by atoms with E-state index in [1.807, 2.05) is 7.05 Å². The molecule has 1 aromatic heterocycles. The van der Waals surface area contributed by atoms with E-state index in [0.717, 1.165) is 18.5 Å². The third-order valence-electron chi connectivity index (χ3n) is 2.72. The topological polar surface area (TPSA) is 68.2 Å². The van der Waals surface area contributed by atoms with E-state index in [-0.39, 0.29) is 5.82 Å². The van der Waals surface area contributed by atoms with Crippen molar-refractivity contribution in [1.82, 2.24) is 15.0 Å². The van der Waals surface area contributed by atoms with E-state index in [2.05, 4.69) is 15.0 Å². The molecule has 0 radical (unpaired) electrons. The molecule has 0 atom stereocenters. The number of nitrogens with zero attached hydrogens (tertiary/aromatic N) is 3. The molecule has 0 amide bonds. The van der Waals surface area contributed by atoms with Crippen LogP contribution >= 0.6 is 0 Å². The minimum Gasteiger partial charge on any atom is -0.338 e. The summed E-state index contributed by atoms with van der Waals surface area (Å²) in [5.74, 6) is 0.732. The fourth-order valence-electron chi connectivity index (χ4n) is 1.71. The van der Waals surface area contributed by atoms with Crippen LogP contribution in [0.25, 0.3) is 11.4 Å². The summed E-state index contributed by atoms with van der Waals surface area (Å²) < 4.78 is 18.0. The van der Waals surface area contributed by atoms with Crippen LogP contribution in [0.15, 0.2) is 28.8 Å². The van der Waals surface area contributed by atoms with E-state index in [1.165, 1.54) is 12.1 Å². The summed E-state index contributed by atoms with van der Waals surface area (Å²) in [5.41, 5.74) is 6.19. The summed E-state index contributed by atoms with van der Waals surface area (Å²) in [6.45, 7) is 2.12. The van der Waals surface area contributed by atoms with Gasteiger partial charge in [-0.3, -0.25) is 4.90 Å². The van der Waals surface area contributed by atoms with Crippen molar-refractivity contribution in [1.29, 1.82) is 0 Å². The molecule has 1 aromatic carbocycles. The van der Waals surface area contributed by atoms with Gasteiger partial charge in [-0.2, -0.15) is 4.98 Å². The minimum atomic E-state index is -0.283. The van der Waals surface area contributed by atoms with Crippen LogP contribution in [-0.4, -0.2) is 35.2 Å². The molecule has 0 unspecified atom stereocenters. The zero-order valence-corrected chi connectivity index (χ0v) is 10.8. The monoisotopic (exact) mass is 264 g/mol. The predicted molar refractivity (Wildman–Crippen MR) is 69.7 cm³/mol. The Morgan fingerprint density at radius 2 is 2.05 bits per heavy atom. The second kappa shape index (κ2) is 6.40. The molecular formula is C13H17FN4O. The first-order valence-corrected chi connectivity index (χ1v) is 6.16. The first-order chi connectivity index (χ1) is 9.19. The number of hydrogen-bond acceptors (Lipinski definition) is 5. The van der Waals surface area contributed by atoms with E-state index >= 15 is 0 Å². The average molecular weight is 264 g/mol. The maximum atomic E-state index is 12.8. The summed E-state index contributed by atoms with van der Waals surface area (Å²) in [5, 5.41) is 3.89. The average Bonchev–Trinajstić information content (AvgIpc) is 2.85. The van der Waals surface area contributed by atoms with Gasteiger partial charge in [0.2, 0.25) is 11.7 Å². The van der Waals surface area contributed by atoms with Gasteiger partial charge in [0.25, 0.3) is 0 Å². The van der Waals surface area contributed by atoms with E-state index in [0.29, 0.717) is 24.8 Å². The minimum absolute atomic E-state index is 0.283. The maximum Gasteiger partial charge on any atom is 0.241 e. The molecule has 0 aliphatic heterocycles. The predicted octanol–water partition coefficient (Wildman–Crippen LogP) is 1.66. The van der Waals surface area contributed by atoms with Gasteiger partial charge in [-0.25, -0.2) is 4.39 Å². The summed E-state index contributed by atoms with van der Waals surface area (Å²) in [4.78, 5) is 6.35. The summed E-state index contributed by atoms with van der Waals surface area (Å²) >= 11 is 0. The number of aromatic nitrogens is 2. The van der Waals surface area contributed by atoms with Crippen molar-refractivity contribution < 1.29 is 8.91 Å². The Balaban J connectivity index is 2.00. The van der Waals surface area contributed by atoms with Crippen molar-refractivity contribution in [2.45, 2.75) is 13.0 Å². The van der Waals surface area contributed by atoms with Crippen molar-refractivity contribution in [3.8, 4) is 11.4 Å². The molecule has 2 aromatic rings. The highest BCUT2D eigenvalue weighted by molar-refractivity contribution is 5.53. The zero-order chi connectivity index (χ0) is 13.7. The lowest BCUT2D eigenvalue weighted by Gasteiger charge is -2.12. The van der Waals surface area contributed by atoms with Crippen molar-refractivity contribution in [2.75, 3.05) is 20.1 Å². The summed E-state index contributed by atoms with van der Waals surface area (Å²) in [7, 11) is 1.97. The van der Waals surface area contributed by atoms with E-state index < -0.39 is 0 Å². The largest absolute Gasteiger partial charge is 0.338 e. The highest BCUT2D eigenvalue weighted by Gasteiger charge is 2.10. The number of hydrogen-bond donors (Lipinski definition) is 1. The van der Waals surface area contributed by atoms with Crippen molar-refractivity contribution >= 4 is 0 Å². The molecule has 0 bridgehead atoms. The van der Waals surface area contributed by atoms with E-state index in [9.17, 15) is 4.39 Å². The zero-order valence-electron chi connectivity index (χ0n) is 10.8. The van der Waals surface area contributed by atoms with Crippen LogP contribution < -0.4 is 5.73 Å². The lowest BCUT2D eigenvalue weighted by molar-refractivity contribution is 0.265. The molecule has 0 aliphatic rings. The molecular weight excluding hydrogens is 247 g/mol. The van der Waals surface area contributed by atoms with Crippen LogP contribution in [-0.2, 0) is 6.54 Å². The van der Waals surface area contributed by atoms with Crippen LogP contribution in [0.4, 0.5) is 4.39 Å². The molecule has 0 spiro atoms. The smallest absolute Gasteiger partial charge is 0.241 e.